The van der Waals surface area contributed by atoms with E-state index >= 15 is 0 Å². The second kappa shape index (κ2) is 9.75. The zero-order chi connectivity index (χ0) is 21.8. The number of amides is 1. The van der Waals surface area contributed by atoms with Crippen LogP contribution >= 0.6 is 27.5 Å². The van der Waals surface area contributed by atoms with Crippen LogP contribution in [0.4, 0.5) is 8.78 Å². The van der Waals surface area contributed by atoms with Crippen LogP contribution in [-0.4, -0.2) is 53.5 Å². The van der Waals surface area contributed by atoms with E-state index < -0.39 is 30.3 Å². The third-order valence-electron chi connectivity index (χ3n) is 4.51. The normalized spacial score (nSPS) is 22.4. The average Bonchev–Trinajstić information content (AvgIpc) is 2.63. The van der Waals surface area contributed by atoms with Crippen LogP contribution in [0.25, 0.3) is 0 Å². The fourth-order valence-electron chi connectivity index (χ4n) is 3.16. The summed E-state index contributed by atoms with van der Waals surface area (Å²) >= 11 is 9.07. The maximum atomic E-state index is 14.3. The van der Waals surface area contributed by atoms with Crippen molar-refractivity contribution < 1.29 is 13.6 Å². The van der Waals surface area contributed by atoms with Gasteiger partial charge in [0.25, 0.3) is 11.8 Å². The first-order chi connectivity index (χ1) is 13.5. The SMILES string of the molecule is C=NC(=NC[C@@H]1C(C)CC(F)(F)CN1C(=O)c1nc(C)ccc1Br)N/C=C(\C)Cl. The second-order valence-electron chi connectivity index (χ2n) is 7.02. The van der Waals surface area contributed by atoms with Crippen LogP contribution in [0.5, 0.6) is 0 Å². The lowest BCUT2D eigenvalue weighted by Crippen LogP contribution is -2.56. The van der Waals surface area contributed by atoms with E-state index in [0.29, 0.717) is 15.2 Å². The summed E-state index contributed by atoms with van der Waals surface area (Å²) in [6.07, 6.45) is 1.16. The van der Waals surface area contributed by atoms with E-state index in [0.717, 1.165) is 4.90 Å². The monoisotopic (exact) mass is 489 g/mol. The van der Waals surface area contributed by atoms with Crippen LogP contribution < -0.4 is 5.32 Å². The smallest absolute Gasteiger partial charge is 0.274 e. The highest BCUT2D eigenvalue weighted by atomic mass is 79.9. The Morgan fingerprint density at radius 1 is 1.55 bits per heavy atom. The molecule has 1 N–H and O–H groups in total. The number of halogens is 4. The van der Waals surface area contributed by atoms with Gasteiger partial charge in [0.15, 0.2) is 0 Å². The predicted octanol–water partition coefficient (Wildman–Crippen LogP) is 4.38. The summed E-state index contributed by atoms with van der Waals surface area (Å²) in [5, 5.41) is 3.27. The van der Waals surface area contributed by atoms with E-state index in [4.69, 9.17) is 11.6 Å². The second-order valence-corrected chi connectivity index (χ2v) is 8.47. The molecule has 1 saturated heterocycles. The summed E-state index contributed by atoms with van der Waals surface area (Å²) in [6, 6.07) is 2.87. The largest absolute Gasteiger partial charge is 0.330 e. The zero-order valence-electron chi connectivity index (χ0n) is 16.4. The summed E-state index contributed by atoms with van der Waals surface area (Å²) in [6.45, 7) is 7.92. The minimum absolute atomic E-state index is 0.0863. The molecule has 29 heavy (non-hydrogen) atoms. The standard InChI is InChI=1S/C19H23BrClF2N5O/c1-11-7-19(22,23)10-28(17(29)16-14(20)6-5-13(3)27-16)15(11)9-26-18(24-4)25-8-12(2)21/h5-6,8,11,15H,4,7,9-10H2,1-3H3,(H,25,26)/b12-8+/t11?,15-/m1/s1. The molecule has 1 aromatic rings. The van der Waals surface area contributed by atoms with Gasteiger partial charge in [-0.25, -0.2) is 23.7 Å². The van der Waals surface area contributed by atoms with Crippen LogP contribution in [0, 0.1) is 12.8 Å². The first-order valence-electron chi connectivity index (χ1n) is 8.96. The fourth-order valence-corrected chi connectivity index (χ4v) is 3.60. The van der Waals surface area contributed by atoms with Gasteiger partial charge in [-0.2, -0.15) is 0 Å². The highest BCUT2D eigenvalue weighted by Crippen LogP contribution is 2.35. The number of nitrogens with zero attached hydrogens (tertiary/aromatic N) is 4. The molecule has 0 spiro atoms. The Kier molecular flexibility index (Phi) is 7.87. The molecule has 1 fully saturated rings. The van der Waals surface area contributed by atoms with Gasteiger partial charge in [-0.1, -0.05) is 18.5 Å². The van der Waals surface area contributed by atoms with Gasteiger partial charge in [-0.3, -0.25) is 4.79 Å². The number of nitrogens with one attached hydrogen (secondary N) is 1. The third-order valence-corrected chi connectivity index (χ3v) is 5.26. The van der Waals surface area contributed by atoms with Crippen molar-refractivity contribution in [2.24, 2.45) is 15.9 Å². The molecule has 1 unspecified atom stereocenters. The lowest BCUT2D eigenvalue weighted by molar-refractivity contribution is -0.0904. The number of guanidine groups is 1. The molecule has 2 heterocycles. The van der Waals surface area contributed by atoms with E-state index in [9.17, 15) is 13.6 Å². The number of alkyl halides is 2. The summed E-state index contributed by atoms with van der Waals surface area (Å²) < 4.78 is 29.0. The van der Waals surface area contributed by atoms with E-state index in [-0.39, 0.29) is 24.6 Å². The number of pyridine rings is 1. The summed E-state index contributed by atoms with van der Waals surface area (Å²) in [5.74, 6) is -3.84. The number of aliphatic imine (C=N–C) groups is 2. The number of hydrogen-bond acceptors (Lipinski definition) is 3. The molecule has 158 valence electrons. The van der Waals surface area contributed by atoms with Crippen molar-refractivity contribution in [3.8, 4) is 0 Å². The summed E-state index contributed by atoms with van der Waals surface area (Å²) in [7, 11) is 0. The number of aryl methyl sites for hydroxylation is 1. The number of rotatable bonds is 4. The Bertz CT molecular complexity index is 842. The summed E-state index contributed by atoms with van der Waals surface area (Å²) in [4.78, 5) is 26.6. The number of likely N-dealkylation sites (tertiary alicyclic amines) is 1. The Morgan fingerprint density at radius 3 is 2.86 bits per heavy atom. The van der Waals surface area contributed by atoms with Gasteiger partial charge < -0.3 is 10.2 Å². The van der Waals surface area contributed by atoms with Gasteiger partial charge >= 0.3 is 0 Å². The molecule has 10 heteroatoms. The van der Waals surface area contributed by atoms with Crippen LogP contribution in [-0.2, 0) is 0 Å². The lowest BCUT2D eigenvalue weighted by Gasteiger charge is -2.42. The number of allylic oxidation sites excluding steroid dienone is 1. The molecule has 2 atom stereocenters. The van der Waals surface area contributed by atoms with Crippen molar-refractivity contribution in [2.45, 2.75) is 39.2 Å². The van der Waals surface area contributed by atoms with E-state index in [1.165, 1.54) is 6.20 Å². The molecular formula is C19H23BrClF2N5O. The molecule has 6 nitrogen and oxygen atoms in total. The highest BCUT2D eigenvalue weighted by Gasteiger charge is 2.46. The quantitative estimate of drug-likeness (QED) is 0.503. The molecule has 0 saturated carbocycles. The predicted molar refractivity (Wildman–Crippen MR) is 115 cm³/mol. The van der Waals surface area contributed by atoms with Gasteiger partial charge in [0, 0.05) is 27.8 Å². The van der Waals surface area contributed by atoms with Gasteiger partial charge in [0.05, 0.1) is 19.1 Å². The molecule has 1 aromatic heterocycles. The van der Waals surface area contributed by atoms with Crippen molar-refractivity contribution in [1.29, 1.82) is 0 Å². The minimum atomic E-state index is -2.98. The number of carbonyl (C=O) groups excluding carboxylic acids is 1. The number of aromatic nitrogens is 1. The van der Waals surface area contributed by atoms with E-state index in [1.807, 2.05) is 0 Å². The fraction of sp³-hybridized carbons (Fsp3) is 0.474. The van der Waals surface area contributed by atoms with Crippen LogP contribution in [0.1, 0.15) is 36.5 Å². The molecule has 0 radical (unpaired) electrons. The van der Waals surface area contributed by atoms with Crippen molar-refractivity contribution in [2.75, 3.05) is 13.1 Å². The van der Waals surface area contributed by atoms with Gasteiger partial charge in [0.1, 0.15) is 5.69 Å². The first kappa shape index (κ1) is 23.4. The Hall–Kier alpha value is -1.87. The third kappa shape index (κ3) is 6.30. The molecule has 2 rings (SSSR count). The van der Waals surface area contributed by atoms with E-state index in [1.54, 1.807) is 32.9 Å². The number of hydrogen-bond donors (Lipinski definition) is 1. The highest BCUT2D eigenvalue weighted by molar-refractivity contribution is 9.10. The van der Waals surface area contributed by atoms with Crippen LogP contribution in [0.15, 0.2) is 37.8 Å². The van der Waals surface area contributed by atoms with Crippen molar-refractivity contribution in [1.82, 2.24) is 15.2 Å². The maximum absolute atomic E-state index is 14.3. The zero-order valence-corrected chi connectivity index (χ0v) is 18.8. The summed E-state index contributed by atoms with van der Waals surface area (Å²) in [5.41, 5.74) is 0.721. The van der Waals surface area contributed by atoms with E-state index in [2.05, 4.69) is 42.9 Å². The van der Waals surface area contributed by atoms with Crippen LogP contribution in [0.3, 0.4) is 0 Å². The molecule has 1 aliphatic heterocycles. The first-order valence-corrected chi connectivity index (χ1v) is 10.1. The average molecular weight is 491 g/mol. The Morgan fingerprint density at radius 2 is 2.24 bits per heavy atom. The molecule has 1 amide bonds. The van der Waals surface area contributed by atoms with Gasteiger partial charge in [0.2, 0.25) is 5.96 Å². The Balaban J connectivity index is 2.34. The molecule has 1 aliphatic rings. The van der Waals surface area contributed by atoms with Crippen molar-refractivity contribution in [3.63, 3.8) is 0 Å². The van der Waals surface area contributed by atoms with Crippen molar-refractivity contribution >= 4 is 46.1 Å². The number of piperidine rings is 1. The molecular weight excluding hydrogens is 468 g/mol. The van der Waals surface area contributed by atoms with Crippen molar-refractivity contribution in [3.05, 3.63) is 39.2 Å². The van der Waals surface area contributed by atoms with Gasteiger partial charge in [-0.05, 0) is 54.5 Å². The topological polar surface area (TPSA) is 70.0 Å². The molecule has 0 aromatic carbocycles. The lowest BCUT2D eigenvalue weighted by atomic mass is 9.88. The maximum Gasteiger partial charge on any atom is 0.274 e. The van der Waals surface area contributed by atoms with Crippen LogP contribution in [0.2, 0.25) is 0 Å². The molecule has 0 aliphatic carbocycles. The molecule has 0 bridgehead atoms. The Labute approximate surface area is 182 Å². The number of carbonyl (C=O) groups is 1. The van der Waals surface area contributed by atoms with Gasteiger partial charge in [-0.15, -0.1) is 0 Å². The minimum Gasteiger partial charge on any atom is -0.330 e.